The molecule has 0 fully saturated rings. The van der Waals surface area contributed by atoms with Gasteiger partial charge in [-0.3, -0.25) is 4.98 Å². The summed E-state index contributed by atoms with van der Waals surface area (Å²) in [6, 6.07) is 7.62. The van der Waals surface area contributed by atoms with Gasteiger partial charge in [0.15, 0.2) is 0 Å². The number of hydrogen-bond donors (Lipinski definition) is 1. The third-order valence-corrected chi connectivity index (χ3v) is 3.18. The fraction of sp³-hybridized carbons (Fsp3) is 0.375. The summed E-state index contributed by atoms with van der Waals surface area (Å²) in [5.74, 6) is 0.514. The van der Waals surface area contributed by atoms with Gasteiger partial charge in [0.1, 0.15) is 6.07 Å². The van der Waals surface area contributed by atoms with Gasteiger partial charge in [0.25, 0.3) is 0 Å². The Morgan fingerprint density at radius 2 is 2.24 bits per heavy atom. The van der Waals surface area contributed by atoms with E-state index in [1.807, 2.05) is 12.1 Å². The highest BCUT2D eigenvalue weighted by atomic mass is 35.5. The Hall–Kier alpha value is -1.83. The van der Waals surface area contributed by atoms with E-state index in [1.54, 1.807) is 12.3 Å². The fourth-order valence-corrected chi connectivity index (χ4v) is 2.18. The maximum Gasteiger partial charge on any atom is 0.103 e. The highest BCUT2D eigenvalue weighted by molar-refractivity contribution is 6.31. The van der Waals surface area contributed by atoms with Crippen molar-refractivity contribution in [2.24, 2.45) is 5.92 Å². The van der Waals surface area contributed by atoms with Crippen LogP contribution >= 0.6 is 11.6 Å². The Kier molecular flexibility index (Phi) is 5.38. The average molecular weight is 304 g/mol. The van der Waals surface area contributed by atoms with Crippen molar-refractivity contribution in [2.75, 3.05) is 25.1 Å². The summed E-state index contributed by atoms with van der Waals surface area (Å²) in [4.78, 5) is 4.27. The van der Waals surface area contributed by atoms with E-state index >= 15 is 0 Å². The predicted molar refractivity (Wildman–Crippen MR) is 85.6 cm³/mol. The molecule has 0 radical (unpaired) electrons. The van der Waals surface area contributed by atoms with Crippen LogP contribution in [0, 0.1) is 17.2 Å². The lowest BCUT2D eigenvalue weighted by Gasteiger charge is -2.12. The van der Waals surface area contributed by atoms with Crippen molar-refractivity contribution >= 4 is 28.2 Å². The number of nitrogens with zero attached hydrogens (tertiary/aromatic N) is 2. The lowest BCUT2D eigenvalue weighted by atomic mass is 10.1. The van der Waals surface area contributed by atoms with E-state index in [4.69, 9.17) is 16.3 Å². The van der Waals surface area contributed by atoms with Gasteiger partial charge >= 0.3 is 0 Å². The van der Waals surface area contributed by atoms with E-state index < -0.39 is 0 Å². The SMILES string of the molecule is CC(C)COCCNc1c(C#N)cnc2ccc(Cl)cc12. The first-order chi connectivity index (χ1) is 10.1. The molecule has 1 N–H and O–H groups in total. The molecule has 0 spiro atoms. The van der Waals surface area contributed by atoms with Gasteiger partial charge in [-0.1, -0.05) is 25.4 Å². The maximum absolute atomic E-state index is 9.23. The molecule has 1 aromatic heterocycles. The number of nitrogens with one attached hydrogen (secondary N) is 1. The minimum Gasteiger partial charge on any atom is -0.381 e. The van der Waals surface area contributed by atoms with Crippen LogP contribution in [0.5, 0.6) is 0 Å². The zero-order valence-corrected chi connectivity index (χ0v) is 12.9. The summed E-state index contributed by atoms with van der Waals surface area (Å²) < 4.78 is 5.54. The van der Waals surface area contributed by atoms with E-state index in [9.17, 15) is 5.26 Å². The van der Waals surface area contributed by atoms with Crippen LogP contribution in [0.3, 0.4) is 0 Å². The second-order valence-corrected chi connectivity index (χ2v) is 5.65. The molecular formula is C16H18ClN3O. The number of fused-ring (bicyclic) bond motifs is 1. The number of aromatic nitrogens is 1. The summed E-state index contributed by atoms with van der Waals surface area (Å²) in [5.41, 5.74) is 2.08. The highest BCUT2D eigenvalue weighted by Gasteiger charge is 2.09. The zero-order valence-electron chi connectivity index (χ0n) is 12.2. The molecule has 2 rings (SSSR count). The van der Waals surface area contributed by atoms with Crippen molar-refractivity contribution in [1.29, 1.82) is 5.26 Å². The van der Waals surface area contributed by atoms with Crippen LogP contribution in [0.4, 0.5) is 5.69 Å². The van der Waals surface area contributed by atoms with E-state index in [0.717, 1.165) is 23.2 Å². The molecule has 110 valence electrons. The number of nitriles is 1. The summed E-state index contributed by atoms with van der Waals surface area (Å²) in [6.07, 6.45) is 1.58. The Labute approximate surface area is 129 Å². The molecule has 2 aromatic rings. The van der Waals surface area contributed by atoms with Crippen LogP contribution < -0.4 is 5.32 Å². The molecule has 1 aromatic carbocycles. The topological polar surface area (TPSA) is 57.9 Å². The van der Waals surface area contributed by atoms with Gasteiger partial charge in [-0.15, -0.1) is 0 Å². The van der Waals surface area contributed by atoms with Gasteiger partial charge in [0.05, 0.1) is 23.4 Å². The van der Waals surface area contributed by atoms with Gasteiger partial charge in [0, 0.05) is 29.8 Å². The fourth-order valence-electron chi connectivity index (χ4n) is 2.01. The van der Waals surface area contributed by atoms with E-state index in [0.29, 0.717) is 29.7 Å². The van der Waals surface area contributed by atoms with Gasteiger partial charge in [-0.25, -0.2) is 0 Å². The first kappa shape index (κ1) is 15.6. The Morgan fingerprint density at radius 3 is 2.95 bits per heavy atom. The minimum atomic E-state index is 0.508. The van der Waals surface area contributed by atoms with Crippen molar-refractivity contribution in [3.8, 4) is 6.07 Å². The third-order valence-electron chi connectivity index (χ3n) is 2.95. The van der Waals surface area contributed by atoms with Gasteiger partial charge in [0.2, 0.25) is 0 Å². The number of pyridine rings is 1. The summed E-state index contributed by atoms with van der Waals surface area (Å²) in [6.45, 7) is 6.18. The van der Waals surface area contributed by atoms with Crippen molar-refractivity contribution in [3.63, 3.8) is 0 Å². The van der Waals surface area contributed by atoms with Crippen LogP contribution in [-0.2, 0) is 4.74 Å². The minimum absolute atomic E-state index is 0.508. The summed E-state index contributed by atoms with van der Waals surface area (Å²) in [5, 5.41) is 14.0. The largest absolute Gasteiger partial charge is 0.381 e. The van der Waals surface area contributed by atoms with E-state index in [-0.39, 0.29) is 0 Å². The number of ether oxygens (including phenoxy) is 1. The monoisotopic (exact) mass is 303 g/mol. The van der Waals surface area contributed by atoms with E-state index in [2.05, 4.69) is 30.2 Å². The lowest BCUT2D eigenvalue weighted by Crippen LogP contribution is -2.13. The van der Waals surface area contributed by atoms with Gasteiger partial charge in [-0.05, 0) is 24.1 Å². The molecule has 21 heavy (non-hydrogen) atoms. The number of anilines is 1. The Balaban J connectivity index is 2.17. The molecule has 1 heterocycles. The number of hydrogen-bond acceptors (Lipinski definition) is 4. The third kappa shape index (κ3) is 4.07. The van der Waals surface area contributed by atoms with Gasteiger partial charge < -0.3 is 10.1 Å². The molecule has 0 atom stereocenters. The van der Waals surface area contributed by atoms with Crippen LogP contribution in [-0.4, -0.2) is 24.7 Å². The van der Waals surface area contributed by atoms with Crippen molar-refractivity contribution in [1.82, 2.24) is 4.98 Å². The van der Waals surface area contributed by atoms with Crippen molar-refractivity contribution in [2.45, 2.75) is 13.8 Å². The summed E-state index contributed by atoms with van der Waals surface area (Å²) in [7, 11) is 0. The van der Waals surface area contributed by atoms with Crippen molar-refractivity contribution in [3.05, 3.63) is 35.0 Å². The molecular weight excluding hydrogens is 286 g/mol. The van der Waals surface area contributed by atoms with Gasteiger partial charge in [-0.2, -0.15) is 5.26 Å². The number of rotatable bonds is 6. The Morgan fingerprint density at radius 1 is 1.43 bits per heavy atom. The molecule has 0 aliphatic heterocycles. The first-order valence-electron chi connectivity index (χ1n) is 6.91. The molecule has 0 amide bonds. The quantitative estimate of drug-likeness (QED) is 0.824. The highest BCUT2D eigenvalue weighted by Crippen LogP contribution is 2.27. The zero-order chi connectivity index (χ0) is 15.2. The molecule has 0 unspecified atom stereocenters. The average Bonchev–Trinajstić information content (AvgIpc) is 2.46. The molecule has 0 aliphatic carbocycles. The molecule has 0 aliphatic rings. The molecule has 5 heteroatoms. The normalized spacial score (nSPS) is 10.8. The van der Waals surface area contributed by atoms with Crippen LogP contribution in [0.15, 0.2) is 24.4 Å². The molecule has 0 saturated carbocycles. The smallest absolute Gasteiger partial charge is 0.103 e. The molecule has 0 bridgehead atoms. The van der Waals surface area contributed by atoms with Crippen LogP contribution in [0.2, 0.25) is 5.02 Å². The number of halogens is 1. The second kappa shape index (κ2) is 7.26. The molecule has 4 nitrogen and oxygen atoms in total. The predicted octanol–water partition coefficient (Wildman–Crippen LogP) is 3.84. The molecule has 0 saturated heterocycles. The maximum atomic E-state index is 9.23. The van der Waals surface area contributed by atoms with E-state index in [1.165, 1.54) is 0 Å². The van der Waals surface area contributed by atoms with Crippen molar-refractivity contribution < 1.29 is 4.74 Å². The Bertz CT molecular complexity index is 664. The standard InChI is InChI=1S/C16H18ClN3O/c1-11(2)10-21-6-5-19-16-12(8-18)9-20-15-4-3-13(17)7-14(15)16/h3-4,7,9,11H,5-6,10H2,1-2H3,(H,19,20). The lowest BCUT2D eigenvalue weighted by molar-refractivity contribution is 0.118. The second-order valence-electron chi connectivity index (χ2n) is 5.22. The first-order valence-corrected chi connectivity index (χ1v) is 7.29. The number of benzene rings is 1. The summed E-state index contributed by atoms with van der Waals surface area (Å²) >= 11 is 6.04. The van der Waals surface area contributed by atoms with Crippen LogP contribution in [0.25, 0.3) is 10.9 Å². The van der Waals surface area contributed by atoms with Crippen LogP contribution in [0.1, 0.15) is 19.4 Å².